The molecule has 3 aliphatic heterocycles. The van der Waals surface area contributed by atoms with E-state index in [0.717, 1.165) is 31.6 Å². The fraction of sp³-hybridized carbons (Fsp3) is 0.500. The molecule has 0 aliphatic carbocycles. The molecule has 2 aromatic heterocycles. The first-order valence-electron chi connectivity index (χ1n) is 14.6. The molecule has 0 saturated carbocycles. The van der Waals surface area contributed by atoms with Crippen LogP contribution in [0.15, 0.2) is 18.3 Å². The van der Waals surface area contributed by atoms with Gasteiger partial charge in [0.1, 0.15) is 29.9 Å². The summed E-state index contributed by atoms with van der Waals surface area (Å²) >= 11 is 0. The SMILES string of the molecule is Cc1cc2[nH]ncc2c(-c2c(F)cc3c(N4CCCOCC4)nc(OC[C@@]45CCCN4C[C@H](F)C5)nc3c2F)c1C(F)(F)F. The van der Waals surface area contributed by atoms with Gasteiger partial charge in [-0.1, -0.05) is 0 Å². The Balaban J connectivity index is 1.42. The lowest BCUT2D eigenvalue weighted by Gasteiger charge is -2.31. The van der Waals surface area contributed by atoms with E-state index in [9.17, 15) is 17.6 Å². The maximum Gasteiger partial charge on any atom is 0.417 e. The number of H-pyrrole nitrogens is 1. The van der Waals surface area contributed by atoms with Crippen molar-refractivity contribution in [3.05, 3.63) is 41.1 Å². The second-order valence-electron chi connectivity index (χ2n) is 11.9. The van der Waals surface area contributed by atoms with Crippen LogP contribution in [0.3, 0.4) is 0 Å². The summed E-state index contributed by atoms with van der Waals surface area (Å²) in [6.07, 6.45) is -2.29. The van der Waals surface area contributed by atoms with Crippen molar-refractivity contribution in [2.45, 2.75) is 50.5 Å². The van der Waals surface area contributed by atoms with Gasteiger partial charge in [0.2, 0.25) is 0 Å². The van der Waals surface area contributed by atoms with Crippen LogP contribution in [0, 0.1) is 18.6 Å². The Morgan fingerprint density at radius 3 is 2.73 bits per heavy atom. The van der Waals surface area contributed by atoms with Crippen LogP contribution in [0.5, 0.6) is 6.01 Å². The first kappa shape index (κ1) is 29.1. The molecule has 0 bridgehead atoms. The minimum atomic E-state index is -4.92. The number of halogens is 6. The molecule has 7 rings (SSSR count). The van der Waals surface area contributed by atoms with Gasteiger partial charge >= 0.3 is 12.2 Å². The van der Waals surface area contributed by atoms with Crippen molar-refractivity contribution in [3.63, 3.8) is 0 Å². The monoisotopic (exact) mass is 620 g/mol. The standard InChI is InChI=1S/C30H30F6N6O2/c1-16-10-21-19(13-37-40-21)22(24(16)30(34,35)36)23-20(32)11-18-26(25(23)33)38-28(39-27(18)41-5-3-8-43-9-7-41)44-15-29-4-2-6-42(29)14-17(31)12-29/h10-11,13,17H,2-9,12,14-15H2,1H3,(H,37,40)/t17-,29+/m1/s1. The molecule has 3 fully saturated rings. The molecule has 3 saturated heterocycles. The van der Waals surface area contributed by atoms with Crippen molar-refractivity contribution in [2.24, 2.45) is 0 Å². The molecule has 8 nitrogen and oxygen atoms in total. The molecule has 0 amide bonds. The zero-order valence-corrected chi connectivity index (χ0v) is 23.9. The highest BCUT2D eigenvalue weighted by Crippen LogP contribution is 2.46. The quantitative estimate of drug-likeness (QED) is 0.276. The number of nitrogens with zero attached hydrogens (tertiary/aromatic N) is 5. The number of aromatic amines is 1. The minimum Gasteiger partial charge on any atom is -0.461 e. The van der Waals surface area contributed by atoms with Crippen molar-refractivity contribution in [1.82, 2.24) is 25.1 Å². The van der Waals surface area contributed by atoms with Crippen LogP contribution in [0.2, 0.25) is 0 Å². The van der Waals surface area contributed by atoms with Crippen LogP contribution >= 0.6 is 0 Å². The molecule has 14 heteroatoms. The lowest BCUT2D eigenvalue weighted by molar-refractivity contribution is -0.137. The predicted molar refractivity (Wildman–Crippen MR) is 150 cm³/mol. The number of rotatable bonds is 5. The Hall–Kier alpha value is -3.65. The van der Waals surface area contributed by atoms with E-state index in [4.69, 9.17) is 9.47 Å². The average Bonchev–Trinajstić information content (AvgIpc) is 3.58. The van der Waals surface area contributed by atoms with Crippen molar-refractivity contribution in [2.75, 3.05) is 50.9 Å². The fourth-order valence-corrected chi connectivity index (χ4v) is 7.15. The minimum absolute atomic E-state index is 0.00649. The zero-order valence-electron chi connectivity index (χ0n) is 23.9. The lowest BCUT2D eigenvalue weighted by atomic mass is 9.91. The number of nitrogens with one attached hydrogen (secondary N) is 1. The van der Waals surface area contributed by atoms with E-state index in [2.05, 4.69) is 20.2 Å². The molecular weight excluding hydrogens is 590 g/mol. The first-order valence-corrected chi connectivity index (χ1v) is 14.6. The van der Waals surface area contributed by atoms with Crippen LogP contribution in [-0.2, 0) is 10.9 Å². The van der Waals surface area contributed by atoms with Crippen LogP contribution in [0.1, 0.15) is 36.8 Å². The number of aromatic nitrogens is 4. The molecule has 0 spiro atoms. The van der Waals surface area contributed by atoms with E-state index >= 15 is 8.78 Å². The van der Waals surface area contributed by atoms with Gasteiger partial charge in [-0.25, -0.2) is 13.2 Å². The van der Waals surface area contributed by atoms with E-state index in [0.29, 0.717) is 39.3 Å². The van der Waals surface area contributed by atoms with Crippen molar-refractivity contribution < 1.29 is 35.8 Å². The molecule has 234 valence electrons. The second-order valence-corrected chi connectivity index (χ2v) is 11.9. The van der Waals surface area contributed by atoms with Crippen molar-refractivity contribution >= 4 is 27.6 Å². The molecule has 0 radical (unpaired) electrons. The van der Waals surface area contributed by atoms with Crippen LogP contribution in [0.25, 0.3) is 32.9 Å². The summed E-state index contributed by atoms with van der Waals surface area (Å²) in [7, 11) is 0. The first-order chi connectivity index (χ1) is 21.1. The summed E-state index contributed by atoms with van der Waals surface area (Å²) in [4.78, 5) is 12.7. The number of hydrogen-bond acceptors (Lipinski definition) is 7. The van der Waals surface area contributed by atoms with Gasteiger partial charge in [0.05, 0.1) is 35.0 Å². The molecule has 3 aliphatic rings. The number of ether oxygens (including phenoxy) is 2. The molecular formula is C30H30F6N6O2. The van der Waals surface area contributed by atoms with Crippen LogP contribution in [0.4, 0.5) is 32.2 Å². The van der Waals surface area contributed by atoms with Crippen molar-refractivity contribution in [3.8, 4) is 17.1 Å². The summed E-state index contributed by atoms with van der Waals surface area (Å²) in [6.45, 7) is 3.99. The number of aryl methyl sites for hydroxylation is 1. The second kappa shape index (κ2) is 10.8. The maximum atomic E-state index is 16.7. The average molecular weight is 621 g/mol. The summed E-state index contributed by atoms with van der Waals surface area (Å²) in [5.74, 6) is -2.29. The summed E-state index contributed by atoms with van der Waals surface area (Å²) in [6, 6.07) is 2.01. The fourth-order valence-electron chi connectivity index (χ4n) is 7.15. The molecule has 2 atom stereocenters. The summed E-state index contributed by atoms with van der Waals surface area (Å²) in [5, 5.41) is 6.34. The van der Waals surface area contributed by atoms with Gasteiger partial charge in [0, 0.05) is 49.0 Å². The number of anilines is 1. The van der Waals surface area contributed by atoms with E-state index < -0.39 is 46.2 Å². The van der Waals surface area contributed by atoms with Gasteiger partial charge in [-0.15, -0.1) is 0 Å². The van der Waals surface area contributed by atoms with E-state index in [-0.39, 0.29) is 52.2 Å². The van der Waals surface area contributed by atoms with Crippen molar-refractivity contribution in [1.29, 1.82) is 0 Å². The Bertz CT molecular complexity index is 1740. The lowest BCUT2D eigenvalue weighted by Crippen LogP contribution is -2.43. The zero-order chi connectivity index (χ0) is 30.8. The third kappa shape index (κ3) is 4.82. The number of alkyl halides is 4. The highest BCUT2D eigenvalue weighted by atomic mass is 19.4. The Kier molecular flexibility index (Phi) is 7.11. The maximum absolute atomic E-state index is 16.7. The Labute approximate surface area is 248 Å². The molecule has 2 aromatic carbocycles. The number of hydrogen-bond donors (Lipinski definition) is 1. The van der Waals surface area contributed by atoms with E-state index in [1.807, 2.05) is 4.90 Å². The van der Waals surface area contributed by atoms with Crippen LogP contribution in [-0.4, -0.2) is 82.8 Å². The topological polar surface area (TPSA) is 79.4 Å². The Morgan fingerprint density at radius 1 is 1.07 bits per heavy atom. The van der Waals surface area contributed by atoms with E-state index in [1.54, 1.807) is 4.90 Å². The van der Waals surface area contributed by atoms with Gasteiger partial charge < -0.3 is 14.4 Å². The smallest absolute Gasteiger partial charge is 0.417 e. The van der Waals surface area contributed by atoms with Gasteiger partial charge in [-0.3, -0.25) is 10.00 Å². The highest BCUT2D eigenvalue weighted by molar-refractivity contribution is 6.01. The Morgan fingerprint density at radius 2 is 1.91 bits per heavy atom. The third-order valence-corrected chi connectivity index (χ3v) is 9.07. The molecule has 4 aromatic rings. The van der Waals surface area contributed by atoms with Gasteiger partial charge in [-0.2, -0.15) is 28.2 Å². The molecule has 1 N–H and O–H groups in total. The predicted octanol–water partition coefficient (Wildman–Crippen LogP) is 5.96. The van der Waals surface area contributed by atoms with Gasteiger partial charge in [-0.05, 0) is 50.4 Å². The van der Waals surface area contributed by atoms with E-state index in [1.165, 1.54) is 13.0 Å². The van der Waals surface area contributed by atoms with Gasteiger partial charge in [0.15, 0.2) is 5.82 Å². The normalized spacial score (nSPS) is 23.1. The number of benzene rings is 2. The highest BCUT2D eigenvalue weighted by Gasteiger charge is 2.49. The third-order valence-electron chi connectivity index (χ3n) is 9.07. The molecule has 0 unspecified atom stereocenters. The van der Waals surface area contributed by atoms with Crippen LogP contribution < -0.4 is 9.64 Å². The van der Waals surface area contributed by atoms with Gasteiger partial charge in [0.25, 0.3) is 0 Å². The largest absolute Gasteiger partial charge is 0.461 e. The summed E-state index contributed by atoms with van der Waals surface area (Å²) in [5.41, 5.74) is -3.64. The summed E-state index contributed by atoms with van der Waals surface area (Å²) < 4.78 is 102. The molecule has 5 heterocycles. The number of fused-ring (bicyclic) bond motifs is 3. The molecule has 44 heavy (non-hydrogen) atoms.